The largest absolute Gasteiger partial charge is 0.450 e. The van der Waals surface area contributed by atoms with Gasteiger partial charge >= 0.3 is 0 Å². The Bertz CT molecular complexity index is 857. The second-order valence-corrected chi connectivity index (χ2v) is 6.39. The zero-order chi connectivity index (χ0) is 15.9. The molecule has 4 heteroatoms. The van der Waals surface area contributed by atoms with Gasteiger partial charge in [-0.15, -0.1) is 0 Å². The number of fused-ring (bicyclic) bond motifs is 3. The van der Waals surface area contributed by atoms with Gasteiger partial charge in [-0.1, -0.05) is 36.4 Å². The van der Waals surface area contributed by atoms with Crippen LogP contribution in [0.5, 0.6) is 0 Å². The van der Waals surface area contributed by atoms with Crippen LogP contribution in [-0.4, -0.2) is 18.0 Å². The van der Waals surface area contributed by atoms with Crippen LogP contribution >= 0.6 is 0 Å². The van der Waals surface area contributed by atoms with E-state index in [1.54, 1.807) is 0 Å². The zero-order valence-corrected chi connectivity index (χ0v) is 13.1. The minimum Gasteiger partial charge on any atom is -0.450 e. The van der Waals surface area contributed by atoms with Gasteiger partial charge in [0.25, 0.3) is 5.91 Å². The van der Waals surface area contributed by atoms with Gasteiger partial charge in [0.15, 0.2) is 5.76 Å². The molecule has 0 saturated carbocycles. The average molecular weight is 296 g/mol. The van der Waals surface area contributed by atoms with Gasteiger partial charge in [-0.3, -0.25) is 4.79 Å². The van der Waals surface area contributed by atoms with Crippen LogP contribution in [0.4, 0.5) is 0 Å². The van der Waals surface area contributed by atoms with Crippen molar-refractivity contribution in [1.82, 2.24) is 5.32 Å². The molecule has 1 aromatic heterocycles. The van der Waals surface area contributed by atoms with Crippen molar-refractivity contribution < 1.29 is 9.21 Å². The molecule has 0 saturated heterocycles. The molecule has 1 amide bonds. The van der Waals surface area contributed by atoms with Crippen LogP contribution in [-0.2, 0) is 0 Å². The summed E-state index contributed by atoms with van der Waals surface area (Å²) in [5.41, 5.74) is 7.06. The lowest BCUT2D eigenvalue weighted by Crippen LogP contribution is -2.45. The van der Waals surface area contributed by atoms with E-state index < -0.39 is 5.54 Å². The minimum absolute atomic E-state index is 0.226. The molecule has 1 heterocycles. The fraction of sp³-hybridized carbons (Fsp3) is 0.278. The molecule has 0 radical (unpaired) electrons. The van der Waals surface area contributed by atoms with Gasteiger partial charge in [-0.05, 0) is 26.2 Å². The van der Waals surface area contributed by atoms with Gasteiger partial charge < -0.3 is 15.5 Å². The molecule has 3 aromatic rings. The number of carbonyl (C=O) groups excluding carboxylic acids is 1. The predicted molar refractivity (Wildman–Crippen MR) is 89.1 cm³/mol. The van der Waals surface area contributed by atoms with E-state index in [4.69, 9.17) is 10.2 Å². The predicted octanol–water partition coefficient (Wildman–Crippen LogP) is 3.36. The van der Waals surface area contributed by atoms with Crippen LogP contribution in [0.3, 0.4) is 0 Å². The van der Waals surface area contributed by atoms with Crippen molar-refractivity contribution in [2.24, 2.45) is 5.73 Å². The number of carbonyl (C=O) groups is 1. The van der Waals surface area contributed by atoms with Crippen LogP contribution in [0.25, 0.3) is 21.7 Å². The number of nitrogens with two attached hydrogens (primary N) is 1. The molecule has 2 aromatic carbocycles. The lowest BCUT2D eigenvalue weighted by Gasteiger charge is -2.18. The fourth-order valence-corrected chi connectivity index (χ4v) is 2.55. The number of hydrogen-bond acceptors (Lipinski definition) is 3. The van der Waals surface area contributed by atoms with Gasteiger partial charge in [0.1, 0.15) is 5.58 Å². The molecule has 0 atom stereocenters. The third-order valence-electron chi connectivity index (χ3n) is 3.74. The topological polar surface area (TPSA) is 68.3 Å². The van der Waals surface area contributed by atoms with Crippen LogP contribution in [0.1, 0.15) is 30.0 Å². The Morgan fingerprint density at radius 1 is 1.18 bits per heavy atom. The molecule has 0 aliphatic carbocycles. The maximum Gasteiger partial charge on any atom is 0.287 e. The van der Waals surface area contributed by atoms with Gasteiger partial charge in [0, 0.05) is 28.4 Å². The van der Waals surface area contributed by atoms with Crippen molar-refractivity contribution >= 4 is 27.6 Å². The summed E-state index contributed by atoms with van der Waals surface area (Å²) in [6, 6.07) is 12.0. The summed E-state index contributed by atoms with van der Waals surface area (Å²) in [7, 11) is 0. The van der Waals surface area contributed by atoms with E-state index in [1.165, 1.54) is 0 Å². The molecule has 0 aliphatic heterocycles. The number of furan rings is 1. The summed E-state index contributed by atoms with van der Waals surface area (Å²) in [6.07, 6.45) is 0. The zero-order valence-electron chi connectivity index (χ0n) is 13.1. The molecular formula is C18H20N2O2. The smallest absolute Gasteiger partial charge is 0.287 e. The van der Waals surface area contributed by atoms with Crippen molar-refractivity contribution in [2.75, 3.05) is 6.54 Å². The number of benzene rings is 2. The van der Waals surface area contributed by atoms with Crippen molar-refractivity contribution in [2.45, 2.75) is 26.3 Å². The quantitative estimate of drug-likeness (QED) is 0.778. The minimum atomic E-state index is -0.456. The third-order valence-corrected chi connectivity index (χ3v) is 3.74. The Kier molecular flexibility index (Phi) is 3.41. The molecule has 3 rings (SSSR count). The number of rotatable bonds is 3. The molecule has 0 spiro atoms. The first-order valence-electron chi connectivity index (χ1n) is 7.35. The standard InChI is InChI=1S/C18H20N2O2/c1-11-13-9-8-12-6-4-5-7-14(12)16(13)22-15(11)17(21)20-10-18(2,3)19/h4-9H,10,19H2,1-3H3,(H,20,21). The first-order chi connectivity index (χ1) is 10.4. The maximum atomic E-state index is 12.4. The maximum absolute atomic E-state index is 12.4. The second kappa shape index (κ2) is 5.14. The monoisotopic (exact) mass is 296 g/mol. The van der Waals surface area contributed by atoms with Gasteiger partial charge in [0.2, 0.25) is 0 Å². The van der Waals surface area contributed by atoms with Crippen molar-refractivity contribution in [3.05, 3.63) is 47.7 Å². The summed E-state index contributed by atoms with van der Waals surface area (Å²) in [5.74, 6) is 0.131. The van der Waals surface area contributed by atoms with Crippen molar-refractivity contribution in [1.29, 1.82) is 0 Å². The summed E-state index contributed by atoms with van der Waals surface area (Å²) in [6.45, 7) is 6.03. The highest BCUT2D eigenvalue weighted by molar-refractivity contribution is 6.08. The highest BCUT2D eigenvalue weighted by atomic mass is 16.3. The normalized spacial score (nSPS) is 12.0. The molecule has 114 valence electrons. The van der Waals surface area contributed by atoms with Crippen LogP contribution in [0, 0.1) is 6.92 Å². The van der Waals surface area contributed by atoms with Gasteiger partial charge in [-0.2, -0.15) is 0 Å². The first kappa shape index (κ1) is 14.6. The van der Waals surface area contributed by atoms with E-state index >= 15 is 0 Å². The van der Waals surface area contributed by atoms with E-state index in [9.17, 15) is 4.79 Å². The Morgan fingerprint density at radius 3 is 2.64 bits per heavy atom. The Hall–Kier alpha value is -2.33. The number of aryl methyl sites for hydroxylation is 1. The third kappa shape index (κ3) is 2.57. The van der Waals surface area contributed by atoms with E-state index in [1.807, 2.05) is 57.2 Å². The SMILES string of the molecule is Cc1c(C(=O)NCC(C)(C)N)oc2c1ccc1ccccc12. The highest BCUT2D eigenvalue weighted by Crippen LogP contribution is 2.31. The molecule has 0 unspecified atom stereocenters. The summed E-state index contributed by atoms with van der Waals surface area (Å²) < 4.78 is 5.89. The summed E-state index contributed by atoms with van der Waals surface area (Å²) in [5, 5.41) is 5.91. The molecular weight excluding hydrogens is 276 g/mol. The lowest BCUT2D eigenvalue weighted by atomic mass is 10.1. The van der Waals surface area contributed by atoms with E-state index in [2.05, 4.69) is 5.32 Å². The Balaban J connectivity index is 2.06. The number of nitrogens with one attached hydrogen (secondary N) is 1. The molecule has 0 fully saturated rings. The van der Waals surface area contributed by atoms with Gasteiger partial charge in [-0.25, -0.2) is 0 Å². The molecule has 3 N–H and O–H groups in total. The number of hydrogen-bond donors (Lipinski definition) is 2. The Labute approximate surface area is 129 Å². The van der Waals surface area contributed by atoms with Crippen molar-refractivity contribution in [3.8, 4) is 0 Å². The van der Waals surface area contributed by atoms with Crippen LogP contribution in [0.15, 0.2) is 40.8 Å². The molecule has 22 heavy (non-hydrogen) atoms. The lowest BCUT2D eigenvalue weighted by molar-refractivity contribution is 0.0919. The van der Waals surface area contributed by atoms with Crippen LogP contribution in [0.2, 0.25) is 0 Å². The van der Waals surface area contributed by atoms with E-state index in [0.29, 0.717) is 12.3 Å². The van der Waals surface area contributed by atoms with Gasteiger partial charge in [0.05, 0.1) is 0 Å². The second-order valence-electron chi connectivity index (χ2n) is 6.39. The first-order valence-corrected chi connectivity index (χ1v) is 7.35. The molecule has 0 aliphatic rings. The summed E-state index contributed by atoms with van der Waals surface area (Å²) >= 11 is 0. The average Bonchev–Trinajstić information content (AvgIpc) is 2.82. The summed E-state index contributed by atoms with van der Waals surface area (Å²) in [4.78, 5) is 12.4. The van der Waals surface area contributed by atoms with E-state index in [0.717, 1.165) is 27.3 Å². The molecule has 0 bridgehead atoms. The van der Waals surface area contributed by atoms with Crippen molar-refractivity contribution in [3.63, 3.8) is 0 Å². The molecule has 4 nitrogen and oxygen atoms in total. The van der Waals surface area contributed by atoms with E-state index in [-0.39, 0.29) is 5.91 Å². The Morgan fingerprint density at radius 2 is 1.91 bits per heavy atom. The fourth-order valence-electron chi connectivity index (χ4n) is 2.55. The highest BCUT2D eigenvalue weighted by Gasteiger charge is 2.20. The number of amides is 1. The van der Waals surface area contributed by atoms with Crippen LogP contribution < -0.4 is 11.1 Å².